The van der Waals surface area contributed by atoms with Crippen molar-refractivity contribution < 1.29 is 18.7 Å². The van der Waals surface area contributed by atoms with Gasteiger partial charge in [-0.3, -0.25) is 4.79 Å². The molecule has 2 saturated carbocycles. The summed E-state index contributed by atoms with van der Waals surface area (Å²) >= 11 is 0. The normalized spacial score (nSPS) is 20.1. The van der Waals surface area contributed by atoms with Crippen molar-refractivity contribution in [3.63, 3.8) is 0 Å². The molecule has 1 aliphatic heterocycles. The molecule has 2 heterocycles. The zero-order valence-corrected chi connectivity index (χ0v) is 19.4. The Balaban J connectivity index is 1.18. The van der Waals surface area contributed by atoms with Crippen LogP contribution in [-0.2, 0) is 11.3 Å². The number of fused-ring (bicyclic) bond motifs is 1. The number of nitrogens with zero attached hydrogens (tertiary/aromatic N) is 1. The van der Waals surface area contributed by atoms with Crippen molar-refractivity contribution in [1.29, 1.82) is 0 Å². The summed E-state index contributed by atoms with van der Waals surface area (Å²) in [6, 6.07) is 13.0. The van der Waals surface area contributed by atoms with Gasteiger partial charge in [-0.25, -0.2) is 4.39 Å². The van der Waals surface area contributed by atoms with Gasteiger partial charge in [-0.05, 0) is 67.0 Å². The number of rotatable bonds is 6. The van der Waals surface area contributed by atoms with Crippen LogP contribution in [0.15, 0.2) is 48.7 Å². The molecule has 0 bridgehead atoms. The van der Waals surface area contributed by atoms with E-state index in [1.165, 1.54) is 25.3 Å². The van der Waals surface area contributed by atoms with E-state index < -0.39 is 0 Å². The molecule has 2 aliphatic carbocycles. The van der Waals surface area contributed by atoms with E-state index >= 15 is 0 Å². The number of benzene rings is 2. The Morgan fingerprint density at radius 3 is 2.56 bits per heavy atom. The van der Waals surface area contributed by atoms with Crippen LogP contribution in [0.2, 0.25) is 0 Å². The Bertz CT molecular complexity index is 1180. The van der Waals surface area contributed by atoms with E-state index in [-0.39, 0.29) is 23.9 Å². The first-order chi connectivity index (χ1) is 16.6. The molecular formula is C28H31FN2O3. The van der Waals surface area contributed by atoms with Gasteiger partial charge in [-0.1, -0.05) is 18.6 Å². The first-order valence-corrected chi connectivity index (χ1v) is 12.5. The van der Waals surface area contributed by atoms with E-state index in [0.29, 0.717) is 28.4 Å². The van der Waals surface area contributed by atoms with Crippen molar-refractivity contribution in [2.75, 3.05) is 13.2 Å². The van der Waals surface area contributed by atoms with Crippen LogP contribution in [0.1, 0.15) is 60.9 Å². The Morgan fingerprint density at radius 2 is 1.85 bits per heavy atom. The summed E-state index contributed by atoms with van der Waals surface area (Å²) in [5.74, 6) is 0.441. The van der Waals surface area contributed by atoms with Crippen molar-refractivity contribution in [2.45, 2.75) is 63.6 Å². The summed E-state index contributed by atoms with van der Waals surface area (Å²) in [7, 11) is 0. The maximum Gasteiger partial charge on any atom is 0.253 e. The highest BCUT2D eigenvalue weighted by atomic mass is 19.1. The standard InChI is InChI=1S/C28H31FN2O3/c29-25-7-6-24(27(32)30-20-16-28(17-20)11-1-12-28)26-23(25)8-13-31(26)18-19-2-4-21(5-3-19)34-22-9-14-33-15-10-22/h2-8,13,20,22H,1,9-12,14-18H2,(H,30,32). The minimum atomic E-state index is -0.303. The maximum absolute atomic E-state index is 14.6. The first kappa shape index (κ1) is 21.7. The van der Waals surface area contributed by atoms with Gasteiger partial charge in [0.25, 0.3) is 5.91 Å². The maximum atomic E-state index is 14.6. The Morgan fingerprint density at radius 1 is 1.09 bits per heavy atom. The van der Waals surface area contributed by atoms with Crippen LogP contribution in [0.5, 0.6) is 5.75 Å². The van der Waals surface area contributed by atoms with Gasteiger partial charge in [0.1, 0.15) is 17.7 Å². The molecule has 1 N–H and O–H groups in total. The molecule has 1 saturated heterocycles. The van der Waals surface area contributed by atoms with Crippen LogP contribution in [0, 0.1) is 11.2 Å². The van der Waals surface area contributed by atoms with Gasteiger partial charge in [0.15, 0.2) is 0 Å². The summed E-state index contributed by atoms with van der Waals surface area (Å²) in [6.07, 6.45) is 9.94. The zero-order chi connectivity index (χ0) is 23.1. The number of aromatic nitrogens is 1. The quantitative estimate of drug-likeness (QED) is 0.530. The van der Waals surface area contributed by atoms with E-state index in [0.717, 1.165) is 50.2 Å². The van der Waals surface area contributed by atoms with Crippen molar-refractivity contribution in [2.24, 2.45) is 5.41 Å². The lowest BCUT2D eigenvalue weighted by molar-refractivity contribution is -0.000605. The molecule has 2 aromatic carbocycles. The van der Waals surface area contributed by atoms with Gasteiger partial charge in [0, 0.05) is 37.0 Å². The molecule has 1 spiro atoms. The van der Waals surface area contributed by atoms with E-state index in [9.17, 15) is 9.18 Å². The third-order valence-corrected chi connectivity index (χ3v) is 7.97. The largest absolute Gasteiger partial charge is 0.490 e. The van der Waals surface area contributed by atoms with Crippen LogP contribution >= 0.6 is 0 Å². The molecule has 0 unspecified atom stereocenters. The van der Waals surface area contributed by atoms with Crippen LogP contribution in [-0.4, -0.2) is 35.8 Å². The molecule has 3 aromatic rings. The van der Waals surface area contributed by atoms with Gasteiger partial charge in [-0.2, -0.15) is 0 Å². The van der Waals surface area contributed by atoms with Crippen molar-refractivity contribution in [1.82, 2.24) is 9.88 Å². The van der Waals surface area contributed by atoms with Crippen molar-refractivity contribution in [3.8, 4) is 5.75 Å². The summed E-state index contributed by atoms with van der Waals surface area (Å²) in [5, 5.41) is 3.68. The van der Waals surface area contributed by atoms with Crippen LogP contribution in [0.4, 0.5) is 4.39 Å². The molecule has 3 fully saturated rings. The predicted octanol–water partition coefficient (Wildman–Crippen LogP) is 5.45. The summed E-state index contributed by atoms with van der Waals surface area (Å²) in [6.45, 7) is 2.05. The number of carbonyl (C=O) groups is 1. The van der Waals surface area contributed by atoms with Gasteiger partial charge in [0.05, 0.1) is 24.3 Å². The lowest BCUT2D eigenvalue weighted by atomic mass is 9.54. The molecule has 5 nitrogen and oxygen atoms in total. The first-order valence-electron chi connectivity index (χ1n) is 12.5. The van der Waals surface area contributed by atoms with Gasteiger partial charge < -0.3 is 19.4 Å². The molecule has 0 atom stereocenters. The molecule has 6 rings (SSSR count). The molecule has 0 radical (unpaired) electrons. The lowest BCUT2D eigenvalue weighted by Gasteiger charge is -2.54. The highest BCUT2D eigenvalue weighted by Gasteiger charge is 2.48. The van der Waals surface area contributed by atoms with Crippen molar-refractivity contribution in [3.05, 3.63) is 65.6 Å². The SMILES string of the molecule is O=C(NC1CC2(CCC2)C1)c1ccc(F)c2ccn(Cc3ccc(OC4CCOCC4)cc3)c12. The van der Waals surface area contributed by atoms with Crippen molar-refractivity contribution >= 4 is 16.8 Å². The van der Waals surface area contributed by atoms with Crippen LogP contribution in [0.25, 0.3) is 10.9 Å². The number of nitrogens with one attached hydrogen (secondary N) is 1. The van der Waals surface area contributed by atoms with Crippen LogP contribution in [0.3, 0.4) is 0 Å². The second-order valence-electron chi connectivity index (χ2n) is 10.3. The van der Waals surface area contributed by atoms with E-state index in [2.05, 4.69) is 5.32 Å². The Labute approximate surface area is 199 Å². The fourth-order valence-corrected chi connectivity index (χ4v) is 5.90. The highest BCUT2D eigenvalue weighted by Crippen LogP contribution is 2.55. The third-order valence-electron chi connectivity index (χ3n) is 7.97. The zero-order valence-electron chi connectivity index (χ0n) is 19.4. The smallest absolute Gasteiger partial charge is 0.253 e. The van der Waals surface area contributed by atoms with Gasteiger partial charge >= 0.3 is 0 Å². The monoisotopic (exact) mass is 462 g/mol. The molecule has 6 heteroatoms. The molecule has 178 valence electrons. The van der Waals surface area contributed by atoms with E-state index in [1.54, 1.807) is 12.1 Å². The minimum absolute atomic E-state index is 0.107. The fourth-order valence-electron chi connectivity index (χ4n) is 5.90. The average molecular weight is 463 g/mol. The van der Waals surface area contributed by atoms with Gasteiger partial charge in [-0.15, -0.1) is 0 Å². The molecule has 1 aromatic heterocycles. The topological polar surface area (TPSA) is 52.5 Å². The van der Waals surface area contributed by atoms with E-state index in [1.807, 2.05) is 35.0 Å². The van der Waals surface area contributed by atoms with Crippen LogP contribution < -0.4 is 10.1 Å². The van der Waals surface area contributed by atoms with E-state index in [4.69, 9.17) is 9.47 Å². The molecule has 34 heavy (non-hydrogen) atoms. The number of ether oxygens (including phenoxy) is 2. The number of carbonyl (C=O) groups excluding carboxylic acids is 1. The summed E-state index contributed by atoms with van der Waals surface area (Å²) in [4.78, 5) is 13.2. The average Bonchev–Trinajstić information content (AvgIpc) is 3.21. The summed E-state index contributed by atoms with van der Waals surface area (Å²) in [5.41, 5.74) is 2.75. The summed E-state index contributed by atoms with van der Waals surface area (Å²) < 4.78 is 28.0. The second-order valence-corrected chi connectivity index (χ2v) is 10.3. The number of amides is 1. The Kier molecular flexibility index (Phi) is 5.56. The highest BCUT2D eigenvalue weighted by molar-refractivity contribution is 6.06. The molecule has 3 aliphatic rings. The minimum Gasteiger partial charge on any atom is -0.490 e. The Hall–Kier alpha value is -2.86. The molecule has 1 amide bonds. The second kappa shape index (κ2) is 8.73. The fraction of sp³-hybridized carbons (Fsp3) is 0.464. The lowest BCUT2D eigenvalue weighted by Crippen LogP contribution is -2.53. The molecular weight excluding hydrogens is 431 g/mol. The van der Waals surface area contributed by atoms with Gasteiger partial charge in [0.2, 0.25) is 0 Å². The number of hydrogen-bond acceptors (Lipinski definition) is 3. The number of halogens is 1. The predicted molar refractivity (Wildman–Crippen MR) is 129 cm³/mol. The number of hydrogen-bond donors (Lipinski definition) is 1. The third kappa shape index (κ3) is 4.09.